The lowest BCUT2D eigenvalue weighted by Crippen LogP contribution is -1.77. The largest absolute Gasteiger partial charge is 0.207 e. The minimum atomic E-state index is -0.242. The average molecular weight is 223 g/mol. The molecule has 17 heavy (non-hydrogen) atoms. The molecule has 0 atom stereocenters. The molecule has 0 N–H and O–H groups in total. The van der Waals surface area contributed by atoms with E-state index >= 15 is 0 Å². The number of nitrogens with zero attached hydrogens (tertiary/aromatic N) is 1. The van der Waals surface area contributed by atoms with Gasteiger partial charge in [0.2, 0.25) is 0 Å². The Kier molecular flexibility index (Phi) is 3.32. The van der Waals surface area contributed by atoms with Gasteiger partial charge in [-0.15, -0.1) is 0 Å². The summed E-state index contributed by atoms with van der Waals surface area (Å²) in [6, 6.07) is 15.7. The Bertz CT molecular complexity index is 577. The highest BCUT2D eigenvalue weighted by Crippen LogP contribution is 2.10. The summed E-state index contributed by atoms with van der Waals surface area (Å²) in [6.07, 6.45) is 3.78. The molecule has 0 aromatic heterocycles. The van der Waals surface area contributed by atoms with Crippen LogP contribution in [0.1, 0.15) is 16.7 Å². The molecular weight excluding hydrogens is 213 g/mol. The van der Waals surface area contributed by atoms with Gasteiger partial charge in [0, 0.05) is 0 Å². The molecule has 0 aliphatic rings. The van der Waals surface area contributed by atoms with E-state index in [0.29, 0.717) is 5.56 Å². The first kappa shape index (κ1) is 11.1. The smallest absolute Gasteiger partial charge is 0.123 e. The summed E-state index contributed by atoms with van der Waals surface area (Å²) in [5.41, 5.74) is 2.51. The minimum Gasteiger partial charge on any atom is -0.207 e. The van der Waals surface area contributed by atoms with E-state index in [1.807, 2.05) is 24.3 Å². The zero-order chi connectivity index (χ0) is 12.1. The van der Waals surface area contributed by atoms with Crippen LogP contribution in [0.25, 0.3) is 12.2 Å². The Balaban J connectivity index is 2.20. The monoisotopic (exact) mass is 223 g/mol. The summed E-state index contributed by atoms with van der Waals surface area (Å²) in [4.78, 5) is 0. The van der Waals surface area contributed by atoms with Crippen LogP contribution in [0.2, 0.25) is 0 Å². The summed E-state index contributed by atoms with van der Waals surface area (Å²) < 4.78 is 12.7. The zero-order valence-electron chi connectivity index (χ0n) is 9.10. The van der Waals surface area contributed by atoms with Gasteiger partial charge in [0.1, 0.15) is 5.82 Å². The third kappa shape index (κ3) is 3.02. The van der Waals surface area contributed by atoms with Crippen LogP contribution in [0.5, 0.6) is 0 Å². The SMILES string of the molecule is N#Cc1cccc(/C=C\c2ccc(F)cc2)c1. The van der Waals surface area contributed by atoms with Crippen molar-refractivity contribution in [3.8, 4) is 6.07 Å². The third-order valence-corrected chi connectivity index (χ3v) is 2.35. The first-order valence-corrected chi connectivity index (χ1v) is 5.22. The molecule has 0 saturated carbocycles. The van der Waals surface area contributed by atoms with E-state index in [9.17, 15) is 4.39 Å². The van der Waals surface area contributed by atoms with Crippen molar-refractivity contribution in [3.05, 3.63) is 71.0 Å². The van der Waals surface area contributed by atoms with Crippen LogP contribution in [0.4, 0.5) is 4.39 Å². The maximum atomic E-state index is 12.7. The fourth-order valence-corrected chi connectivity index (χ4v) is 1.48. The lowest BCUT2D eigenvalue weighted by Gasteiger charge is -1.95. The molecule has 0 bridgehead atoms. The first-order chi connectivity index (χ1) is 8.28. The van der Waals surface area contributed by atoms with Crippen molar-refractivity contribution in [3.63, 3.8) is 0 Å². The molecule has 0 fully saturated rings. The summed E-state index contributed by atoms with van der Waals surface area (Å²) in [5.74, 6) is -0.242. The van der Waals surface area contributed by atoms with Gasteiger partial charge in [0.15, 0.2) is 0 Å². The molecule has 0 aliphatic carbocycles. The van der Waals surface area contributed by atoms with Gasteiger partial charge < -0.3 is 0 Å². The zero-order valence-corrected chi connectivity index (χ0v) is 9.10. The molecule has 2 heteroatoms. The van der Waals surface area contributed by atoms with Gasteiger partial charge in [-0.05, 0) is 35.4 Å². The van der Waals surface area contributed by atoms with Crippen LogP contribution in [-0.2, 0) is 0 Å². The van der Waals surface area contributed by atoms with Gasteiger partial charge in [-0.3, -0.25) is 0 Å². The molecule has 2 rings (SSSR count). The van der Waals surface area contributed by atoms with Gasteiger partial charge in [0.05, 0.1) is 11.6 Å². The molecule has 2 aromatic rings. The van der Waals surface area contributed by atoms with Crippen LogP contribution in [-0.4, -0.2) is 0 Å². The van der Waals surface area contributed by atoms with Crippen molar-refractivity contribution in [1.82, 2.24) is 0 Å². The second-order valence-electron chi connectivity index (χ2n) is 3.62. The molecule has 82 valence electrons. The second kappa shape index (κ2) is 5.09. The summed E-state index contributed by atoms with van der Waals surface area (Å²) in [7, 11) is 0. The quantitative estimate of drug-likeness (QED) is 0.709. The fourth-order valence-electron chi connectivity index (χ4n) is 1.48. The van der Waals surface area contributed by atoms with Gasteiger partial charge in [0.25, 0.3) is 0 Å². The minimum absolute atomic E-state index is 0.242. The van der Waals surface area contributed by atoms with Crippen LogP contribution in [0.15, 0.2) is 48.5 Å². The highest BCUT2D eigenvalue weighted by atomic mass is 19.1. The fraction of sp³-hybridized carbons (Fsp3) is 0. The molecule has 0 unspecified atom stereocenters. The maximum absolute atomic E-state index is 12.7. The maximum Gasteiger partial charge on any atom is 0.123 e. The Morgan fingerprint density at radius 2 is 1.65 bits per heavy atom. The molecule has 1 nitrogen and oxygen atoms in total. The highest BCUT2D eigenvalue weighted by Gasteiger charge is 1.92. The van der Waals surface area contributed by atoms with E-state index in [-0.39, 0.29) is 5.82 Å². The van der Waals surface area contributed by atoms with E-state index < -0.39 is 0 Å². The molecule has 0 amide bonds. The van der Waals surface area contributed by atoms with Gasteiger partial charge >= 0.3 is 0 Å². The highest BCUT2D eigenvalue weighted by molar-refractivity contribution is 5.70. The predicted octanol–water partition coefficient (Wildman–Crippen LogP) is 3.87. The van der Waals surface area contributed by atoms with Gasteiger partial charge in [-0.1, -0.05) is 36.4 Å². The second-order valence-corrected chi connectivity index (χ2v) is 3.62. The predicted molar refractivity (Wildman–Crippen MR) is 66.5 cm³/mol. The van der Waals surface area contributed by atoms with Crippen LogP contribution in [0, 0.1) is 17.1 Å². The molecular formula is C15H10FN. The van der Waals surface area contributed by atoms with E-state index in [4.69, 9.17) is 5.26 Å². The van der Waals surface area contributed by atoms with E-state index in [2.05, 4.69) is 6.07 Å². The van der Waals surface area contributed by atoms with Gasteiger partial charge in [-0.25, -0.2) is 4.39 Å². The standard InChI is InChI=1S/C15H10FN/c16-15-8-6-12(7-9-15)4-5-13-2-1-3-14(10-13)11-17/h1-10H/b5-4-. The normalized spacial score (nSPS) is 10.4. The van der Waals surface area contributed by atoms with Gasteiger partial charge in [-0.2, -0.15) is 5.26 Å². The lowest BCUT2D eigenvalue weighted by molar-refractivity contribution is 0.628. The van der Waals surface area contributed by atoms with Crippen molar-refractivity contribution in [2.75, 3.05) is 0 Å². The number of halogens is 1. The molecule has 2 aromatic carbocycles. The Morgan fingerprint density at radius 3 is 2.35 bits per heavy atom. The Morgan fingerprint density at radius 1 is 0.941 bits per heavy atom. The van der Waals surface area contributed by atoms with Crippen molar-refractivity contribution in [1.29, 1.82) is 5.26 Å². The van der Waals surface area contributed by atoms with Crippen molar-refractivity contribution in [2.45, 2.75) is 0 Å². The number of rotatable bonds is 2. The van der Waals surface area contributed by atoms with Crippen molar-refractivity contribution >= 4 is 12.2 Å². The van der Waals surface area contributed by atoms with Crippen molar-refractivity contribution < 1.29 is 4.39 Å². The summed E-state index contributed by atoms with van der Waals surface area (Å²) in [6.45, 7) is 0. The topological polar surface area (TPSA) is 23.8 Å². The molecule has 0 radical (unpaired) electrons. The van der Waals surface area contributed by atoms with Crippen LogP contribution >= 0.6 is 0 Å². The molecule has 0 saturated heterocycles. The molecule has 0 heterocycles. The Hall–Kier alpha value is -2.40. The number of benzene rings is 2. The first-order valence-electron chi connectivity index (χ1n) is 5.22. The lowest BCUT2D eigenvalue weighted by atomic mass is 10.1. The molecule has 0 aliphatic heterocycles. The van der Waals surface area contributed by atoms with E-state index in [1.165, 1.54) is 12.1 Å². The molecule has 0 spiro atoms. The number of hydrogen-bond acceptors (Lipinski definition) is 1. The number of nitriles is 1. The average Bonchev–Trinajstić information content (AvgIpc) is 2.38. The van der Waals surface area contributed by atoms with Crippen LogP contribution in [0.3, 0.4) is 0 Å². The van der Waals surface area contributed by atoms with Crippen LogP contribution < -0.4 is 0 Å². The van der Waals surface area contributed by atoms with Crippen molar-refractivity contribution in [2.24, 2.45) is 0 Å². The summed E-state index contributed by atoms with van der Waals surface area (Å²) >= 11 is 0. The third-order valence-electron chi connectivity index (χ3n) is 2.35. The van der Waals surface area contributed by atoms with E-state index in [1.54, 1.807) is 24.3 Å². The Labute approximate surface area is 99.5 Å². The summed E-state index contributed by atoms with van der Waals surface area (Å²) in [5, 5.41) is 8.76. The van der Waals surface area contributed by atoms with E-state index in [0.717, 1.165) is 11.1 Å². The number of hydrogen-bond donors (Lipinski definition) is 0.